The topological polar surface area (TPSA) is 106 Å². The Bertz CT molecular complexity index is 1010. The van der Waals surface area contributed by atoms with Crippen molar-refractivity contribution in [1.29, 1.82) is 0 Å². The van der Waals surface area contributed by atoms with Gasteiger partial charge in [0.15, 0.2) is 0 Å². The van der Waals surface area contributed by atoms with Crippen LogP contribution in [0.1, 0.15) is 11.1 Å². The van der Waals surface area contributed by atoms with Gasteiger partial charge in [0, 0.05) is 18.7 Å². The number of nitrogens with one attached hydrogen (secondary N) is 2. The molecule has 0 radical (unpaired) electrons. The van der Waals surface area contributed by atoms with Crippen LogP contribution in [0.2, 0.25) is 0 Å². The molecule has 0 aliphatic rings. The first kappa shape index (κ1) is 14.5. The number of hydrogen-bond donors (Lipinski definition) is 2. The smallest absolute Gasteiger partial charge is 0.315 e. The van der Waals surface area contributed by atoms with Crippen LogP contribution in [0.3, 0.4) is 0 Å². The maximum absolute atomic E-state index is 12.0. The maximum atomic E-state index is 12.0. The normalized spacial score (nSPS) is 11.0. The number of rotatable bonds is 4. The molecule has 0 aliphatic heterocycles. The van der Waals surface area contributed by atoms with E-state index in [0.717, 1.165) is 22.2 Å². The number of benzene rings is 2. The van der Waals surface area contributed by atoms with Gasteiger partial charge >= 0.3 is 6.03 Å². The van der Waals surface area contributed by atoms with E-state index >= 15 is 0 Å². The number of carbonyl (C=O) groups excluding carboxylic acids is 1. The summed E-state index contributed by atoms with van der Waals surface area (Å²) in [6.45, 7) is 0.751. The summed E-state index contributed by atoms with van der Waals surface area (Å²) in [5.41, 5.74) is 4.83. The minimum absolute atomic E-state index is 0.264. The first-order valence-electron chi connectivity index (χ1n) is 7.23. The number of carbonyl (C=O) groups is 1. The van der Waals surface area contributed by atoms with Crippen LogP contribution in [0.4, 0.5) is 4.79 Å². The summed E-state index contributed by atoms with van der Waals surface area (Å²) in [6.07, 6.45) is 0. The van der Waals surface area contributed by atoms with Crippen LogP contribution in [0.5, 0.6) is 0 Å². The molecule has 0 spiro atoms. The number of urea groups is 1. The van der Waals surface area contributed by atoms with Gasteiger partial charge in [0.25, 0.3) is 0 Å². The van der Waals surface area contributed by atoms with Gasteiger partial charge in [-0.1, -0.05) is 18.2 Å². The van der Waals surface area contributed by atoms with Crippen molar-refractivity contribution >= 4 is 39.8 Å². The second kappa shape index (κ2) is 6.20. The summed E-state index contributed by atoms with van der Waals surface area (Å²) in [6, 6.07) is 11.0. The van der Waals surface area contributed by atoms with E-state index in [1.54, 1.807) is 6.07 Å². The first-order chi connectivity index (χ1) is 11.8. The molecule has 2 aromatic heterocycles. The fourth-order valence-electron chi connectivity index (χ4n) is 2.36. The largest absolute Gasteiger partial charge is 0.334 e. The lowest BCUT2D eigenvalue weighted by Gasteiger charge is -2.08. The second-order valence-electron chi connectivity index (χ2n) is 5.17. The van der Waals surface area contributed by atoms with Crippen LogP contribution in [0.15, 0.2) is 41.0 Å². The molecule has 8 nitrogen and oxygen atoms in total. The summed E-state index contributed by atoms with van der Waals surface area (Å²) >= 11 is 1.17. The maximum Gasteiger partial charge on any atom is 0.315 e. The Labute approximate surface area is 140 Å². The zero-order chi connectivity index (χ0) is 16.4. The molecule has 0 fully saturated rings. The molecule has 0 saturated carbocycles. The number of hydrogen-bond acceptors (Lipinski definition) is 7. The van der Waals surface area contributed by atoms with E-state index in [1.807, 2.05) is 30.3 Å². The average Bonchev–Trinajstić information content (AvgIpc) is 3.26. The standard InChI is InChI=1S/C15H12N6O2S/c22-15(16-7-9-4-5-11-13(6-9)21-24-20-11)17-8-10-2-1-3-12-14(10)19-23-18-12/h1-6H,7-8H2,(H2,16,17,22). The highest BCUT2D eigenvalue weighted by molar-refractivity contribution is 7.00. The molecule has 120 valence electrons. The van der Waals surface area contributed by atoms with E-state index < -0.39 is 0 Å². The van der Waals surface area contributed by atoms with E-state index in [4.69, 9.17) is 4.63 Å². The second-order valence-corrected chi connectivity index (χ2v) is 5.70. The Morgan fingerprint density at radius 2 is 1.88 bits per heavy atom. The molecule has 0 atom stereocenters. The molecule has 4 rings (SSSR count). The van der Waals surface area contributed by atoms with Gasteiger partial charge in [0.2, 0.25) is 0 Å². The fourth-order valence-corrected chi connectivity index (χ4v) is 2.88. The Kier molecular flexibility index (Phi) is 3.75. The lowest BCUT2D eigenvalue weighted by Crippen LogP contribution is -2.34. The van der Waals surface area contributed by atoms with Crippen LogP contribution in [-0.2, 0) is 13.1 Å². The van der Waals surface area contributed by atoms with Crippen LogP contribution in [0, 0.1) is 0 Å². The minimum atomic E-state index is -0.264. The third-order valence-corrected chi connectivity index (χ3v) is 4.14. The summed E-state index contributed by atoms with van der Waals surface area (Å²) in [5.74, 6) is 0. The van der Waals surface area contributed by atoms with Crippen molar-refractivity contribution in [3.63, 3.8) is 0 Å². The number of aromatic nitrogens is 4. The van der Waals surface area contributed by atoms with Gasteiger partial charge in [-0.25, -0.2) is 9.42 Å². The Hall–Kier alpha value is -3.07. The van der Waals surface area contributed by atoms with Crippen molar-refractivity contribution in [3.05, 3.63) is 47.5 Å². The molecular weight excluding hydrogens is 328 g/mol. The van der Waals surface area contributed by atoms with Gasteiger partial charge in [-0.15, -0.1) is 0 Å². The van der Waals surface area contributed by atoms with Crippen LogP contribution < -0.4 is 10.6 Å². The van der Waals surface area contributed by atoms with Gasteiger partial charge in [-0.3, -0.25) is 0 Å². The quantitative estimate of drug-likeness (QED) is 0.590. The lowest BCUT2D eigenvalue weighted by atomic mass is 10.2. The van der Waals surface area contributed by atoms with Gasteiger partial charge in [-0.2, -0.15) is 8.75 Å². The molecule has 2 heterocycles. The van der Waals surface area contributed by atoms with Crippen LogP contribution in [-0.4, -0.2) is 25.1 Å². The summed E-state index contributed by atoms with van der Waals surface area (Å²) in [5, 5.41) is 13.2. The average molecular weight is 340 g/mol. The number of amides is 2. The SMILES string of the molecule is O=C(NCc1ccc2nsnc2c1)NCc1cccc2nonc12. The molecule has 24 heavy (non-hydrogen) atoms. The minimum Gasteiger partial charge on any atom is -0.334 e. The third kappa shape index (κ3) is 2.88. The molecule has 2 amide bonds. The lowest BCUT2D eigenvalue weighted by molar-refractivity contribution is 0.240. The van der Waals surface area contributed by atoms with Crippen molar-refractivity contribution in [1.82, 2.24) is 29.7 Å². The van der Waals surface area contributed by atoms with Gasteiger partial charge in [-0.05, 0) is 34.1 Å². The first-order valence-corrected chi connectivity index (χ1v) is 7.96. The highest BCUT2D eigenvalue weighted by Crippen LogP contribution is 2.14. The zero-order valence-electron chi connectivity index (χ0n) is 12.4. The zero-order valence-corrected chi connectivity index (χ0v) is 13.2. The predicted molar refractivity (Wildman–Crippen MR) is 88.3 cm³/mol. The fraction of sp³-hybridized carbons (Fsp3) is 0.133. The Balaban J connectivity index is 1.35. The summed E-state index contributed by atoms with van der Waals surface area (Å²) in [4.78, 5) is 12.0. The number of fused-ring (bicyclic) bond motifs is 2. The van der Waals surface area contributed by atoms with Crippen molar-refractivity contribution in [3.8, 4) is 0 Å². The molecule has 0 unspecified atom stereocenters. The van der Waals surface area contributed by atoms with E-state index in [0.29, 0.717) is 24.1 Å². The molecule has 0 bridgehead atoms. The summed E-state index contributed by atoms with van der Waals surface area (Å²) in [7, 11) is 0. The number of nitrogens with zero attached hydrogens (tertiary/aromatic N) is 4. The monoisotopic (exact) mass is 340 g/mol. The molecule has 0 saturated heterocycles. The highest BCUT2D eigenvalue weighted by atomic mass is 32.1. The van der Waals surface area contributed by atoms with Gasteiger partial charge in [0.1, 0.15) is 22.1 Å². The third-order valence-electron chi connectivity index (χ3n) is 3.58. The summed E-state index contributed by atoms with van der Waals surface area (Å²) < 4.78 is 13.0. The van der Waals surface area contributed by atoms with Crippen molar-refractivity contribution < 1.29 is 9.42 Å². The van der Waals surface area contributed by atoms with E-state index in [2.05, 4.69) is 29.7 Å². The molecule has 2 N–H and O–H groups in total. The van der Waals surface area contributed by atoms with E-state index in [9.17, 15) is 4.79 Å². The molecule has 4 aromatic rings. The highest BCUT2D eigenvalue weighted by Gasteiger charge is 2.08. The Morgan fingerprint density at radius 3 is 2.83 bits per heavy atom. The predicted octanol–water partition coefficient (Wildman–Crippen LogP) is 2.23. The van der Waals surface area contributed by atoms with Crippen molar-refractivity contribution in [2.45, 2.75) is 13.1 Å². The van der Waals surface area contributed by atoms with Gasteiger partial charge < -0.3 is 10.6 Å². The van der Waals surface area contributed by atoms with Gasteiger partial charge in [0.05, 0.1) is 11.7 Å². The van der Waals surface area contributed by atoms with Crippen molar-refractivity contribution in [2.24, 2.45) is 0 Å². The van der Waals surface area contributed by atoms with Crippen LogP contribution >= 0.6 is 11.7 Å². The molecular formula is C15H12N6O2S. The Morgan fingerprint density at radius 1 is 1.00 bits per heavy atom. The van der Waals surface area contributed by atoms with Crippen LogP contribution in [0.25, 0.3) is 22.1 Å². The molecule has 9 heteroatoms. The van der Waals surface area contributed by atoms with Crippen molar-refractivity contribution in [2.75, 3.05) is 0 Å². The molecule has 2 aromatic carbocycles. The molecule has 0 aliphatic carbocycles. The van der Waals surface area contributed by atoms with E-state index in [-0.39, 0.29) is 6.03 Å². The van der Waals surface area contributed by atoms with E-state index in [1.165, 1.54) is 11.7 Å².